The topological polar surface area (TPSA) is 60.7 Å². The molecule has 0 atom stereocenters. The fourth-order valence-electron chi connectivity index (χ4n) is 2.17. The van der Waals surface area contributed by atoms with Crippen molar-refractivity contribution in [3.05, 3.63) is 36.5 Å². The van der Waals surface area contributed by atoms with Gasteiger partial charge in [0.1, 0.15) is 5.75 Å². The quantitative estimate of drug-likeness (QED) is 0.673. The molecule has 1 heterocycles. The molecule has 5 heteroatoms. The lowest BCUT2D eigenvalue weighted by molar-refractivity contribution is 0.0511. The fourth-order valence-corrected chi connectivity index (χ4v) is 2.17. The Bertz CT molecular complexity index is 657. The highest BCUT2D eigenvalue weighted by Crippen LogP contribution is 2.35. The molecule has 0 aliphatic rings. The predicted octanol–water partition coefficient (Wildman–Crippen LogP) is 2.72. The van der Waals surface area contributed by atoms with Crippen molar-refractivity contribution in [2.45, 2.75) is 13.5 Å². The average molecular weight is 275 g/mol. The highest BCUT2D eigenvalue weighted by Gasteiger charge is 2.23. The Morgan fingerprint density at radius 1 is 1.50 bits per heavy atom. The molecule has 0 unspecified atom stereocenters. The standard InChI is InChI=1S/C15H17NO4/c1-4-8-16-12-7-6-10(19-3)9-11(12)14(17)13(16)15(18)20-5-2/h4,6-7,9,17H,1,5,8H2,2-3H3. The number of ether oxygens (including phenoxy) is 2. The summed E-state index contributed by atoms with van der Waals surface area (Å²) in [6, 6.07) is 5.25. The molecule has 1 aromatic heterocycles. The molecule has 0 bridgehead atoms. The number of carbonyl (C=O) groups excluding carboxylic acids is 1. The van der Waals surface area contributed by atoms with Crippen LogP contribution in [0.1, 0.15) is 17.4 Å². The second-order valence-corrected chi connectivity index (χ2v) is 4.20. The van der Waals surface area contributed by atoms with E-state index in [2.05, 4.69) is 6.58 Å². The van der Waals surface area contributed by atoms with Gasteiger partial charge in [-0.2, -0.15) is 0 Å². The largest absolute Gasteiger partial charge is 0.505 e. The lowest BCUT2D eigenvalue weighted by atomic mass is 10.2. The van der Waals surface area contributed by atoms with Crippen molar-refractivity contribution in [1.82, 2.24) is 4.57 Å². The molecular weight excluding hydrogens is 258 g/mol. The average Bonchev–Trinajstić information content (AvgIpc) is 2.72. The monoisotopic (exact) mass is 275 g/mol. The van der Waals surface area contributed by atoms with Crippen LogP contribution in [-0.4, -0.2) is 29.4 Å². The van der Waals surface area contributed by atoms with Crippen LogP contribution in [-0.2, 0) is 11.3 Å². The van der Waals surface area contributed by atoms with Crippen LogP contribution in [0.25, 0.3) is 10.9 Å². The summed E-state index contributed by atoms with van der Waals surface area (Å²) in [7, 11) is 1.55. The summed E-state index contributed by atoms with van der Waals surface area (Å²) in [6.45, 7) is 6.04. The van der Waals surface area contributed by atoms with E-state index < -0.39 is 5.97 Å². The summed E-state index contributed by atoms with van der Waals surface area (Å²) in [5.41, 5.74) is 0.862. The van der Waals surface area contributed by atoms with Crippen LogP contribution in [0.5, 0.6) is 11.5 Å². The number of benzene rings is 1. The van der Waals surface area contributed by atoms with E-state index in [9.17, 15) is 9.90 Å². The van der Waals surface area contributed by atoms with E-state index in [1.807, 2.05) is 0 Å². The van der Waals surface area contributed by atoms with Gasteiger partial charge >= 0.3 is 5.97 Å². The molecule has 106 valence electrons. The van der Waals surface area contributed by atoms with Gasteiger partial charge in [-0.3, -0.25) is 0 Å². The third-order valence-corrected chi connectivity index (χ3v) is 3.02. The van der Waals surface area contributed by atoms with Crippen molar-refractivity contribution in [3.63, 3.8) is 0 Å². The maximum absolute atomic E-state index is 12.0. The first-order valence-electron chi connectivity index (χ1n) is 6.31. The number of carbonyl (C=O) groups is 1. The molecule has 1 aromatic carbocycles. The van der Waals surface area contributed by atoms with Crippen LogP contribution in [0.2, 0.25) is 0 Å². The van der Waals surface area contributed by atoms with Gasteiger partial charge < -0.3 is 19.1 Å². The van der Waals surface area contributed by atoms with E-state index in [1.165, 1.54) is 0 Å². The normalized spacial score (nSPS) is 10.5. The number of hydrogen-bond donors (Lipinski definition) is 1. The van der Waals surface area contributed by atoms with Crippen molar-refractivity contribution in [3.8, 4) is 11.5 Å². The Hall–Kier alpha value is -2.43. The smallest absolute Gasteiger partial charge is 0.358 e. The Balaban J connectivity index is 2.70. The molecular formula is C15H17NO4. The Morgan fingerprint density at radius 3 is 2.85 bits per heavy atom. The summed E-state index contributed by atoms with van der Waals surface area (Å²) in [6.07, 6.45) is 1.66. The fraction of sp³-hybridized carbons (Fsp3) is 0.267. The number of rotatable bonds is 5. The molecule has 0 radical (unpaired) electrons. The minimum absolute atomic E-state index is 0.0980. The van der Waals surface area contributed by atoms with Gasteiger partial charge in [0.25, 0.3) is 0 Å². The van der Waals surface area contributed by atoms with E-state index in [1.54, 1.807) is 42.9 Å². The third-order valence-electron chi connectivity index (χ3n) is 3.02. The highest BCUT2D eigenvalue weighted by molar-refractivity contribution is 6.02. The van der Waals surface area contributed by atoms with Crippen LogP contribution in [0.3, 0.4) is 0 Å². The second kappa shape index (κ2) is 5.69. The van der Waals surface area contributed by atoms with E-state index >= 15 is 0 Å². The molecule has 20 heavy (non-hydrogen) atoms. The minimum atomic E-state index is -0.554. The van der Waals surface area contributed by atoms with Gasteiger partial charge in [-0.15, -0.1) is 6.58 Å². The first-order chi connectivity index (χ1) is 9.63. The zero-order valence-electron chi connectivity index (χ0n) is 11.5. The lowest BCUT2D eigenvalue weighted by Gasteiger charge is -2.07. The van der Waals surface area contributed by atoms with Crippen LogP contribution >= 0.6 is 0 Å². The summed E-state index contributed by atoms with van der Waals surface area (Å²) < 4.78 is 11.8. The van der Waals surface area contributed by atoms with Gasteiger partial charge in [0, 0.05) is 11.9 Å². The van der Waals surface area contributed by atoms with E-state index in [0.29, 0.717) is 17.7 Å². The number of nitrogens with zero attached hydrogens (tertiary/aromatic N) is 1. The molecule has 0 aliphatic carbocycles. The molecule has 0 spiro atoms. The summed E-state index contributed by atoms with van der Waals surface area (Å²) >= 11 is 0. The van der Waals surface area contributed by atoms with Gasteiger partial charge in [0.15, 0.2) is 11.4 Å². The Kier molecular flexibility index (Phi) is 3.98. The zero-order chi connectivity index (χ0) is 14.7. The van der Waals surface area contributed by atoms with Gasteiger partial charge in [-0.05, 0) is 25.1 Å². The molecule has 0 amide bonds. The minimum Gasteiger partial charge on any atom is -0.505 e. The van der Waals surface area contributed by atoms with Crippen molar-refractivity contribution < 1.29 is 19.4 Å². The van der Waals surface area contributed by atoms with Crippen molar-refractivity contribution in [1.29, 1.82) is 0 Å². The van der Waals surface area contributed by atoms with Gasteiger partial charge in [-0.25, -0.2) is 4.79 Å². The van der Waals surface area contributed by atoms with Crippen LogP contribution < -0.4 is 4.74 Å². The van der Waals surface area contributed by atoms with E-state index in [-0.39, 0.29) is 18.1 Å². The zero-order valence-corrected chi connectivity index (χ0v) is 11.5. The van der Waals surface area contributed by atoms with Gasteiger partial charge in [-0.1, -0.05) is 6.08 Å². The predicted molar refractivity (Wildman–Crippen MR) is 76.3 cm³/mol. The van der Waals surface area contributed by atoms with Crippen molar-refractivity contribution in [2.75, 3.05) is 13.7 Å². The number of methoxy groups -OCH3 is 1. The van der Waals surface area contributed by atoms with E-state index in [4.69, 9.17) is 9.47 Å². The molecule has 2 aromatic rings. The number of hydrogen-bond acceptors (Lipinski definition) is 4. The summed E-state index contributed by atoms with van der Waals surface area (Å²) in [4.78, 5) is 12.0. The van der Waals surface area contributed by atoms with Crippen LogP contribution in [0, 0.1) is 0 Å². The number of fused-ring (bicyclic) bond motifs is 1. The Morgan fingerprint density at radius 2 is 2.25 bits per heavy atom. The SMILES string of the molecule is C=CCn1c(C(=O)OCC)c(O)c2cc(OC)ccc21. The molecule has 0 aliphatic heterocycles. The first-order valence-corrected chi connectivity index (χ1v) is 6.31. The van der Waals surface area contributed by atoms with Gasteiger partial charge in [0.05, 0.1) is 19.2 Å². The molecule has 2 rings (SSSR count). The first kappa shape index (κ1) is 14.0. The highest BCUT2D eigenvalue weighted by atomic mass is 16.5. The number of allylic oxidation sites excluding steroid dienone is 1. The van der Waals surface area contributed by atoms with Crippen molar-refractivity contribution >= 4 is 16.9 Å². The van der Waals surface area contributed by atoms with Gasteiger partial charge in [0.2, 0.25) is 0 Å². The Labute approximate surface area is 117 Å². The van der Waals surface area contributed by atoms with Crippen LogP contribution in [0.4, 0.5) is 0 Å². The maximum atomic E-state index is 12.0. The maximum Gasteiger partial charge on any atom is 0.358 e. The lowest BCUT2D eigenvalue weighted by Crippen LogP contribution is -2.11. The summed E-state index contributed by atoms with van der Waals surface area (Å²) in [5.74, 6) is -0.0415. The molecule has 0 saturated heterocycles. The molecule has 1 N–H and O–H groups in total. The van der Waals surface area contributed by atoms with Crippen LogP contribution in [0.15, 0.2) is 30.9 Å². The molecule has 0 fully saturated rings. The molecule has 0 saturated carbocycles. The number of esters is 1. The summed E-state index contributed by atoms with van der Waals surface area (Å²) in [5, 5.41) is 10.9. The van der Waals surface area contributed by atoms with Crippen molar-refractivity contribution in [2.24, 2.45) is 0 Å². The number of aromatic nitrogens is 1. The number of aromatic hydroxyl groups is 1. The second-order valence-electron chi connectivity index (χ2n) is 4.20. The third kappa shape index (κ3) is 2.22. The molecule has 5 nitrogen and oxygen atoms in total. The van der Waals surface area contributed by atoms with E-state index in [0.717, 1.165) is 5.52 Å².